The maximum atomic E-state index is 10.3. The van der Waals surface area contributed by atoms with Crippen LogP contribution >= 0.6 is 0 Å². The fourth-order valence-corrected chi connectivity index (χ4v) is 4.77. The zero-order valence-electron chi connectivity index (χ0n) is 18.4. The van der Waals surface area contributed by atoms with Gasteiger partial charge in [0.1, 0.15) is 18.5 Å². The molecule has 3 aliphatic heterocycles. The molecule has 1 spiro atoms. The number of nitrogens with one attached hydrogen (secondary N) is 1. The van der Waals surface area contributed by atoms with Gasteiger partial charge in [-0.05, 0) is 50.7 Å². The van der Waals surface area contributed by atoms with Gasteiger partial charge in [-0.2, -0.15) is 0 Å². The molecular weight excluding hydrogens is 380 g/mol. The molecule has 3 fully saturated rings. The monoisotopic (exact) mass is 418 g/mol. The standard InChI is InChI=1S/C23H38N4O3/c1-25-10-12-26(13-11-25)17-21(28)18-29-22-4-2-20(3-5-22)16-27-14-15-30-23(19-27)6-8-24-9-7-23/h2-5,21,24,28H,6-19H2,1H3. The van der Waals surface area contributed by atoms with Crippen LogP contribution < -0.4 is 10.1 Å². The molecule has 3 heterocycles. The minimum absolute atomic E-state index is 0.0481. The zero-order chi connectivity index (χ0) is 20.8. The molecule has 1 aromatic rings. The summed E-state index contributed by atoms with van der Waals surface area (Å²) in [4.78, 5) is 7.16. The van der Waals surface area contributed by atoms with Crippen LogP contribution in [0.15, 0.2) is 24.3 Å². The van der Waals surface area contributed by atoms with Crippen LogP contribution in [-0.4, -0.2) is 111 Å². The fraction of sp³-hybridized carbons (Fsp3) is 0.739. The predicted molar refractivity (Wildman–Crippen MR) is 118 cm³/mol. The van der Waals surface area contributed by atoms with E-state index in [0.29, 0.717) is 13.2 Å². The van der Waals surface area contributed by atoms with Gasteiger partial charge >= 0.3 is 0 Å². The van der Waals surface area contributed by atoms with Crippen LogP contribution in [0.3, 0.4) is 0 Å². The van der Waals surface area contributed by atoms with Crippen molar-refractivity contribution in [1.29, 1.82) is 0 Å². The Morgan fingerprint density at radius 2 is 1.80 bits per heavy atom. The van der Waals surface area contributed by atoms with Gasteiger partial charge in [0.2, 0.25) is 0 Å². The van der Waals surface area contributed by atoms with Crippen molar-refractivity contribution in [2.45, 2.75) is 31.1 Å². The number of morpholine rings is 1. The Kier molecular flexibility index (Phi) is 7.62. The molecular formula is C23H38N4O3. The van der Waals surface area contributed by atoms with E-state index in [2.05, 4.69) is 39.2 Å². The molecule has 1 aromatic carbocycles. The van der Waals surface area contributed by atoms with Gasteiger partial charge in [-0.25, -0.2) is 0 Å². The first-order valence-corrected chi connectivity index (χ1v) is 11.5. The van der Waals surface area contributed by atoms with Gasteiger partial charge in [0.25, 0.3) is 0 Å². The number of piperidine rings is 1. The lowest BCUT2D eigenvalue weighted by atomic mass is 9.90. The molecule has 1 atom stereocenters. The lowest BCUT2D eigenvalue weighted by Crippen LogP contribution is -2.55. The highest BCUT2D eigenvalue weighted by Crippen LogP contribution is 2.28. The van der Waals surface area contributed by atoms with E-state index in [9.17, 15) is 5.11 Å². The van der Waals surface area contributed by atoms with Crippen LogP contribution in [-0.2, 0) is 11.3 Å². The Bertz CT molecular complexity index is 637. The molecule has 0 saturated carbocycles. The summed E-state index contributed by atoms with van der Waals surface area (Å²) in [6, 6.07) is 8.34. The van der Waals surface area contributed by atoms with Crippen LogP contribution in [0.25, 0.3) is 0 Å². The maximum Gasteiger partial charge on any atom is 0.119 e. The summed E-state index contributed by atoms with van der Waals surface area (Å²) < 4.78 is 12.0. The second-order valence-corrected chi connectivity index (χ2v) is 9.20. The van der Waals surface area contributed by atoms with E-state index in [1.807, 2.05) is 12.1 Å². The number of nitrogens with zero attached hydrogens (tertiary/aromatic N) is 3. The number of rotatable bonds is 7. The number of hydrogen-bond donors (Lipinski definition) is 2. The van der Waals surface area contributed by atoms with Gasteiger partial charge in [-0.3, -0.25) is 9.80 Å². The molecule has 7 nitrogen and oxygen atoms in total. The SMILES string of the molecule is CN1CCN(CC(O)COc2ccc(CN3CCOC4(CCNCC4)C3)cc2)CC1. The lowest BCUT2D eigenvalue weighted by Gasteiger charge is -2.45. The zero-order valence-corrected chi connectivity index (χ0v) is 18.4. The molecule has 0 bridgehead atoms. The van der Waals surface area contributed by atoms with E-state index < -0.39 is 6.10 Å². The van der Waals surface area contributed by atoms with Crippen LogP contribution in [0.4, 0.5) is 0 Å². The smallest absolute Gasteiger partial charge is 0.119 e. The van der Waals surface area contributed by atoms with E-state index >= 15 is 0 Å². The molecule has 3 aliphatic rings. The molecule has 4 rings (SSSR count). The molecule has 2 N–H and O–H groups in total. The van der Waals surface area contributed by atoms with Crippen molar-refractivity contribution in [3.63, 3.8) is 0 Å². The highest BCUT2D eigenvalue weighted by molar-refractivity contribution is 5.27. The summed E-state index contributed by atoms with van der Waals surface area (Å²) in [7, 11) is 2.14. The summed E-state index contributed by atoms with van der Waals surface area (Å²) in [6.07, 6.45) is 1.75. The van der Waals surface area contributed by atoms with Crippen LogP contribution in [0.5, 0.6) is 5.75 Å². The number of piperazine rings is 1. The largest absolute Gasteiger partial charge is 0.491 e. The van der Waals surface area contributed by atoms with Crippen LogP contribution in [0.1, 0.15) is 18.4 Å². The van der Waals surface area contributed by atoms with Crippen molar-refractivity contribution in [3.05, 3.63) is 29.8 Å². The first-order chi connectivity index (χ1) is 14.6. The van der Waals surface area contributed by atoms with Crippen molar-refractivity contribution >= 4 is 0 Å². The summed E-state index contributed by atoms with van der Waals surface area (Å²) in [6.45, 7) is 11.1. The number of hydrogen-bond acceptors (Lipinski definition) is 7. The molecule has 3 saturated heterocycles. The van der Waals surface area contributed by atoms with Crippen LogP contribution in [0.2, 0.25) is 0 Å². The highest BCUT2D eigenvalue weighted by atomic mass is 16.5. The van der Waals surface area contributed by atoms with Crippen LogP contribution in [0, 0.1) is 0 Å². The third kappa shape index (κ3) is 6.15. The number of aliphatic hydroxyl groups excluding tert-OH is 1. The van der Waals surface area contributed by atoms with Gasteiger partial charge in [0.15, 0.2) is 0 Å². The number of benzene rings is 1. The Morgan fingerprint density at radius 1 is 1.07 bits per heavy atom. The molecule has 0 aliphatic carbocycles. The summed E-state index contributed by atoms with van der Waals surface area (Å²) in [5.41, 5.74) is 1.35. The number of likely N-dealkylation sites (N-methyl/N-ethyl adjacent to an activating group) is 1. The molecule has 0 amide bonds. The topological polar surface area (TPSA) is 60.4 Å². The van der Waals surface area contributed by atoms with E-state index in [1.165, 1.54) is 5.56 Å². The lowest BCUT2D eigenvalue weighted by molar-refractivity contribution is -0.125. The van der Waals surface area contributed by atoms with Gasteiger partial charge in [0, 0.05) is 52.4 Å². The third-order valence-electron chi connectivity index (χ3n) is 6.68. The highest BCUT2D eigenvalue weighted by Gasteiger charge is 2.37. The van der Waals surface area contributed by atoms with E-state index in [0.717, 1.165) is 84.1 Å². The molecule has 7 heteroatoms. The molecule has 1 unspecified atom stereocenters. The molecule has 0 radical (unpaired) electrons. The average molecular weight is 419 g/mol. The Hall–Kier alpha value is -1.22. The predicted octanol–water partition coefficient (Wildman–Crippen LogP) is 0.628. The second kappa shape index (κ2) is 10.4. The maximum absolute atomic E-state index is 10.3. The van der Waals surface area contributed by atoms with Crippen molar-refractivity contribution < 1.29 is 14.6 Å². The van der Waals surface area contributed by atoms with Gasteiger partial charge in [-0.15, -0.1) is 0 Å². The van der Waals surface area contributed by atoms with Crippen molar-refractivity contribution in [3.8, 4) is 5.75 Å². The van der Waals surface area contributed by atoms with E-state index in [1.54, 1.807) is 0 Å². The van der Waals surface area contributed by atoms with Crippen molar-refractivity contribution in [2.24, 2.45) is 0 Å². The van der Waals surface area contributed by atoms with Gasteiger partial charge in [-0.1, -0.05) is 12.1 Å². The Morgan fingerprint density at radius 3 is 2.53 bits per heavy atom. The molecule has 168 valence electrons. The summed E-state index contributed by atoms with van der Waals surface area (Å²) in [5, 5.41) is 13.8. The molecule has 30 heavy (non-hydrogen) atoms. The minimum atomic E-state index is -0.456. The first-order valence-electron chi connectivity index (χ1n) is 11.5. The van der Waals surface area contributed by atoms with E-state index in [4.69, 9.17) is 9.47 Å². The Balaban J connectivity index is 1.20. The number of ether oxygens (including phenoxy) is 2. The normalized spacial score (nSPS) is 24.7. The Labute approximate surface area is 180 Å². The quantitative estimate of drug-likeness (QED) is 0.674. The van der Waals surface area contributed by atoms with Crippen molar-refractivity contribution in [2.75, 3.05) is 79.2 Å². The second-order valence-electron chi connectivity index (χ2n) is 9.20. The number of β-amino-alcohol motifs (C(OH)–C–C–N with tert-alkyl or cyclic N) is 1. The third-order valence-corrected chi connectivity index (χ3v) is 6.68. The summed E-state index contributed by atoms with van der Waals surface area (Å²) in [5.74, 6) is 0.827. The van der Waals surface area contributed by atoms with Gasteiger partial charge < -0.3 is 24.8 Å². The summed E-state index contributed by atoms with van der Waals surface area (Å²) >= 11 is 0. The van der Waals surface area contributed by atoms with E-state index in [-0.39, 0.29) is 5.60 Å². The molecule has 0 aromatic heterocycles. The fourth-order valence-electron chi connectivity index (χ4n) is 4.77. The number of aliphatic hydroxyl groups is 1. The first kappa shape index (κ1) is 22.0. The minimum Gasteiger partial charge on any atom is -0.491 e. The van der Waals surface area contributed by atoms with Crippen molar-refractivity contribution in [1.82, 2.24) is 20.0 Å². The van der Waals surface area contributed by atoms with Gasteiger partial charge in [0.05, 0.1) is 12.2 Å². The average Bonchev–Trinajstić information content (AvgIpc) is 2.76.